The fourth-order valence-corrected chi connectivity index (χ4v) is 2.50. The van der Waals surface area contributed by atoms with Crippen molar-refractivity contribution in [1.29, 1.82) is 0 Å². The lowest BCUT2D eigenvalue weighted by molar-refractivity contribution is -0.139. The summed E-state index contributed by atoms with van der Waals surface area (Å²) in [6, 6.07) is 12.4. The molecular formula is C21H25NO6. The van der Waals surface area contributed by atoms with E-state index in [0.717, 1.165) is 11.3 Å². The molecule has 2 aromatic rings. The molecule has 0 aromatic heterocycles. The fraction of sp³-hybridized carbons (Fsp3) is 0.333. The minimum atomic E-state index is -1.09. The van der Waals surface area contributed by atoms with E-state index < -0.39 is 12.6 Å². The van der Waals surface area contributed by atoms with Crippen molar-refractivity contribution < 1.29 is 28.9 Å². The molecule has 0 aliphatic rings. The molecule has 0 saturated carbocycles. The number of nitrogens with zero attached hydrogens (tertiary/aromatic N) is 1. The molecule has 0 atom stereocenters. The monoisotopic (exact) mass is 387 g/mol. The first-order valence-corrected chi connectivity index (χ1v) is 8.97. The highest BCUT2D eigenvalue weighted by Gasteiger charge is 2.16. The number of carboxylic acid groups (broad SMARTS) is 1. The number of carbonyl (C=O) groups is 2. The van der Waals surface area contributed by atoms with Crippen LogP contribution in [0.3, 0.4) is 0 Å². The van der Waals surface area contributed by atoms with Crippen LogP contribution in [-0.4, -0.2) is 55.3 Å². The van der Waals surface area contributed by atoms with Crippen molar-refractivity contribution in [2.45, 2.75) is 13.8 Å². The zero-order chi connectivity index (χ0) is 20.5. The molecule has 7 heteroatoms. The molecule has 0 fully saturated rings. The van der Waals surface area contributed by atoms with Crippen LogP contribution in [0.5, 0.6) is 17.2 Å². The van der Waals surface area contributed by atoms with E-state index in [1.54, 1.807) is 31.0 Å². The third-order valence-corrected chi connectivity index (χ3v) is 3.87. The maximum absolute atomic E-state index is 12.7. The topological polar surface area (TPSA) is 85.3 Å². The first-order chi connectivity index (χ1) is 13.4. The van der Waals surface area contributed by atoms with Crippen LogP contribution in [0.25, 0.3) is 0 Å². The summed E-state index contributed by atoms with van der Waals surface area (Å²) in [4.78, 5) is 24.9. The number of carbonyl (C=O) groups excluding carboxylic acids is 1. The molecule has 7 nitrogen and oxygen atoms in total. The standard InChI is InChI=1S/C21H25NO6/c1-4-26-19-13-16(8-9-18(19)28-14-20(23)24)21(25)22(3)10-11-27-17-7-5-6-15(2)12-17/h5-9,12-13H,4,10-11,14H2,1-3H3,(H,23,24). The van der Waals surface area contributed by atoms with Crippen LogP contribution in [0.15, 0.2) is 42.5 Å². The lowest BCUT2D eigenvalue weighted by atomic mass is 10.1. The van der Waals surface area contributed by atoms with Crippen molar-refractivity contribution in [3.05, 3.63) is 53.6 Å². The molecule has 2 aromatic carbocycles. The molecule has 150 valence electrons. The predicted molar refractivity (Wildman–Crippen MR) is 104 cm³/mol. The van der Waals surface area contributed by atoms with Crippen molar-refractivity contribution in [3.8, 4) is 17.2 Å². The van der Waals surface area contributed by atoms with Gasteiger partial charge in [-0.25, -0.2) is 4.79 Å². The highest BCUT2D eigenvalue weighted by atomic mass is 16.5. The third-order valence-electron chi connectivity index (χ3n) is 3.87. The van der Waals surface area contributed by atoms with Crippen molar-refractivity contribution in [3.63, 3.8) is 0 Å². The van der Waals surface area contributed by atoms with Crippen molar-refractivity contribution in [1.82, 2.24) is 4.90 Å². The van der Waals surface area contributed by atoms with Gasteiger partial charge in [-0.2, -0.15) is 0 Å². The van der Waals surface area contributed by atoms with Gasteiger partial charge in [0.05, 0.1) is 13.2 Å². The molecule has 0 bridgehead atoms. The number of aliphatic carboxylic acids is 1. The summed E-state index contributed by atoms with van der Waals surface area (Å²) in [5.41, 5.74) is 1.53. The van der Waals surface area contributed by atoms with Gasteiger partial charge in [-0.05, 0) is 49.7 Å². The quantitative estimate of drug-likeness (QED) is 0.675. The average molecular weight is 387 g/mol. The largest absolute Gasteiger partial charge is 0.492 e. The van der Waals surface area contributed by atoms with Crippen LogP contribution in [0, 0.1) is 6.92 Å². The number of likely N-dealkylation sites (N-methyl/N-ethyl adjacent to an activating group) is 1. The SMILES string of the molecule is CCOc1cc(C(=O)N(C)CCOc2cccc(C)c2)ccc1OCC(=O)O. The van der Waals surface area contributed by atoms with Crippen molar-refractivity contribution in [2.24, 2.45) is 0 Å². The van der Waals surface area contributed by atoms with E-state index in [0.29, 0.717) is 31.1 Å². The van der Waals surface area contributed by atoms with Gasteiger partial charge in [0.25, 0.3) is 5.91 Å². The molecular weight excluding hydrogens is 362 g/mol. The molecule has 0 aliphatic carbocycles. The lowest BCUT2D eigenvalue weighted by Gasteiger charge is -2.19. The van der Waals surface area contributed by atoms with Crippen LogP contribution < -0.4 is 14.2 Å². The second-order valence-corrected chi connectivity index (χ2v) is 6.17. The summed E-state index contributed by atoms with van der Waals surface area (Å²) in [6.07, 6.45) is 0. The van der Waals surface area contributed by atoms with Gasteiger partial charge in [-0.3, -0.25) is 4.79 Å². The van der Waals surface area contributed by atoms with Gasteiger partial charge in [-0.1, -0.05) is 12.1 Å². The average Bonchev–Trinajstić information content (AvgIpc) is 2.66. The van der Waals surface area contributed by atoms with Gasteiger partial charge < -0.3 is 24.2 Å². The Morgan fingerprint density at radius 3 is 2.50 bits per heavy atom. The molecule has 0 spiro atoms. The van der Waals surface area contributed by atoms with Gasteiger partial charge in [0, 0.05) is 12.6 Å². The molecule has 0 heterocycles. The molecule has 0 aliphatic heterocycles. The van der Waals surface area contributed by atoms with E-state index in [9.17, 15) is 9.59 Å². The molecule has 0 radical (unpaired) electrons. The zero-order valence-electron chi connectivity index (χ0n) is 16.3. The Hall–Kier alpha value is -3.22. The van der Waals surface area contributed by atoms with Gasteiger partial charge in [-0.15, -0.1) is 0 Å². The number of hydrogen-bond donors (Lipinski definition) is 1. The molecule has 2 rings (SSSR count). The highest BCUT2D eigenvalue weighted by molar-refractivity contribution is 5.94. The van der Waals surface area contributed by atoms with E-state index in [1.165, 1.54) is 6.07 Å². The van der Waals surface area contributed by atoms with Crippen LogP contribution in [-0.2, 0) is 4.79 Å². The van der Waals surface area contributed by atoms with E-state index in [2.05, 4.69) is 0 Å². The summed E-state index contributed by atoms with van der Waals surface area (Å²) in [7, 11) is 1.69. The Kier molecular flexibility index (Phi) is 7.68. The number of amides is 1. The first-order valence-electron chi connectivity index (χ1n) is 8.97. The van der Waals surface area contributed by atoms with Gasteiger partial charge >= 0.3 is 5.97 Å². The second kappa shape index (κ2) is 10.2. The lowest BCUT2D eigenvalue weighted by Crippen LogP contribution is -2.30. The predicted octanol–water partition coefficient (Wildman–Crippen LogP) is 3.01. The molecule has 1 N–H and O–H groups in total. The van der Waals surface area contributed by atoms with Crippen LogP contribution in [0.4, 0.5) is 0 Å². The van der Waals surface area contributed by atoms with Crippen LogP contribution in [0.1, 0.15) is 22.8 Å². The number of rotatable bonds is 10. The summed E-state index contributed by atoms with van der Waals surface area (Å²) in [5.74, 6) is 0.0965. The molecule has 0 unspecified atom stereocenters. The Morgan fingerprint density at radius 2 is 1.82 bits per heavy atom. The normalized spacial score (nSPS) is 10.2. The maximum atomic E-state index is 12.7. The Labute approximate surface area is 164 Å². The summed E-state index contributed by atoms with van der Waals surface area (Å²) in [6.45, 7) is 4.44. The fourth-order valence-electron chi connectivity index (χ4n) is 2.50. The summed E-state index contributed by atoms with van der Waals surface area (Å²) >= 11 is 0. The Morgan fingerprint density at radius 1 is 1.04 bits per heavy atom. The number of carboxylic acids is 1. The summed E-state index contributed by atoms with van der Waals surface area (Å²) in [5, 5.41) is 8.75. The van der Waals surface area contributed by atoms with E-state index in [1.807, 2.05) is 31.2 Å². The number of ether oxygens (including phenoxy) is 3. The smallest absolute Gasteiger partial charge is 0.341 e. The van der Waals surface area contributed by atoms with E-state index >= 15 is 0 Å². The van der Waals surface area contributed by atoms with Gasteiger partial charge in [0.15, 0.2) is 18.1 Å². The Bertz CT molecular complexity index is 820. The van der Waals surface area contributed by atoms with Crippen LogP contribution in [0.2, 0.25) is 0 Å². The second-order valence-electron chi connectivity index (χ2n) is 6.17. The molecule has 1 amide bonds. The maximum Gasteiger partial charge on any atom is 0.341 e. The van der Waals surface area contributed by atoms with Crippen molar-refractivity contribution in [2.75, 3.05) is 33.4 Å². The number of benzene rings is 2. The first kappa shape index (κ1) is 21.1. The minimum absolute atomic E-state index is 0.196. The molecule has 28 heavy (non-hydrogen) atoms. The molecule has 0 saturated heterocycles. The van der Waals surface area contributed by atoms with Gasteiger partial charge in [0.1, 0.15) is 12.4 Å². The van der Waals surface area contributed by atoms with Crippen LogP contribution >= 0.6 is 0 Å². The van der Waals surface area contributed by atoms with E-state index in [4.69, 9.17) is 19.3 Å². The number of hydrogen-bond acceptors (Lipinski definition) is 5. The highest BCUT2D eigenvalue weighted by Crippen LogP contribution is 2.29. The Balaban J connectivity index is 1.99. The summed E-state index contributed by atoms with van der Waals surface area (Å²) < 4.78 is 16.4. The third kappa shape index (κ3) is 6.19. The number of aryl methyl sites for hydroxylation is 1. The van der Waals surface area contributed by atoms with Gasteiger partial charge in [0.2, 0.25) is 0 Å². The minimum Gasteiger partial charge on any atom is -0.492 e. The zero-order valence-corrected chi connectivity index (χ0v) is 16.3. The van der Waals surface area contributed by atoms with Crippen molar-refractivity contribution >= 4 is 11.9 Å². The van der Waals surface area contributed by atoms with E-state index in [-0.39, 0.29) is 11.7 Å².